The summed E-state index contributed by atoms with van der Waals surface area (Å²) in [6.07, 6.45) is 23.6. The summed E-state index contributed by atoms with van der Waals surface area (Å²) in [6.45, 7) is 18.8. The molecule has 1 fully saturated rings. The quantitative estimate of drug-likeness (QED) is 0.0960. The van der Waals surface area contributed by atoms with Crippen LogP contribution < -0.4 is 0 Å². The third-order valence-electron chi connectivity index (χ3n) is 9.65. The van der Waals surface area contributed by atoms with Crippen LogP contribution in [0.25, 0.3) is 0 Å². The Morgan fingerprint density at radius 2 is 1.49 bits per heavy atom. The fraction of sp³-hybridized carbons (Fsp3) is 0.500. The van der Waals surface area contributed by atoms with Crippen LogP contribution in [0.2, 0.25) is 0 Å². The first-order valence-corrected chi connectivity index (χ1v) is 16.6. The lowest BCUT2D eigenvalue weighted by molar-refractivity contribution is -0.127. The molecule has 0 radical (unpaired) electrons. The second-order valence-electron chi connectivity index (χ2n) is 14.6. The predicted molar refractivity (Wildman–Crippen MR) is 196 cm³/mol. The summed E-state index contributed by atoms with van der Waals surface area (Å²) in [7, 11) is 3.47. The van der Waals surface area contributed by atoms with Gasteiger partial charge in [-0.2, -0.15) is 0 Å². The zero-order chi connectivity index (χ0) is 35.4. The summed E-state index contributed by atoms with van der Waals surface area (Å²) >= 11 is 0. The Kier molecular flexibility index (Phi) is 14.9. The number of ether oxygens (including phenoxy) is 2. The van der Waals surface area contributed by atoms with Gasteiger partial charge < -0.3 is 19.7 Å². The Morgan fingerprint density at radius 3 is 2.00 bits per heavy atom. The van der Waals surface area contributed by atoms with E-state index in [0.717, 1.165) is 29.6 Å². The van der Waals surface area contributed by atoms with Gasteiger partial charge in [-0.15, -0.1) is 0 Å². The Balaban J connectivity index is 2.01. The second kappa shape index (κ2) is 17.6. The molecule has 2 aliphatic rings. The average Bonchev–Trinajstić information content (AvgIpc) is 3.20. The number of ketones is 1. The number of hydrogen-bond acceptors (Lipinski definition) is 5. The maximum atomic E-state index is 13.0. The molecule has 0 aliphatic heterocycles. The predicted octanol–water partition coefficient (Wildman–Crippen LogP) is 9.42. The smallest absolute Gasteiger partial charge is 0.165 e. The summed E-state index contributed by atoms with van der Waals surface area (Å²) in [5, 5.41) is 20.7. The molecule has 256 valence electrons. The highest BCUT2D eigenvalue weighted by atomic mass is 16.5. The zero-order valence-electron chi connectivity index (χ0n) is 30.7. The van der Waals surface area contributed by atoms with Gasteiger partial charge >= 0.3 is 0 Å². The van der Waals surface area contributed by atoms with Gasteiger partial charge in [-0.1, -0.05) is 118 Å². The monoisotopic (exact) mass is 642 g/mol. The molecule has 2 aliphatic carbocycles. The molecule has 3 unspecified atom stereocenters. The molecular formula is C42H58O5. The number of rotatable bonds is 12. The molecule has 47 heavy (non-hydrogen) atoms. The molecule has 0 aromatic rings. The van der Waals surface area contributed by atoms with Crippen molar-refractivity contribution < 1.29 is 24.5 Å². The number of carbonyl (C=O) groups excluding carboxylic acids is 1. The fourth-order valence-electron chi connectivity index (χ4n) is 6.37. The summed E-state index contributed by atoms with van der Waals surface area (Å²) in [5.41, 5.74) is 5.09. The molecule has 2 rings (SSSR count). The van der Waals surface area contributed by atoms with Gasteiger partial charge in [0.15, 0.2) is 5.78 Å². The molecule has 5 nitrogen and oxygen atoms in total. The van der Waals surface area contributed by atoms with Gasteiger partial charge in [-0.3, -0.25) is 4.79 Å². The molecule has 0 heterocycles. The molecule has 0 aromatic carbocycles. The van der Waals surface area contributed by atoms with E-state index < -0.39 is 11.5 Å². The Labute approximate surface area is 284 Å². The summed E-state index contributed by atoms with van der Waals surface area (Å²) in [5.74, 6) is 6.59. The van der Waals surface area contributed by atoms with Gasteiger partial charge in [0.2, 0.25) is 0 Å². The number of methoxy groups -OCH3 is 2. The summed E-state index contributed by atoms with van der Waals surface area (Å²) < 4.78 is 11.0. The third kappa shape index (κ3) is 11.6. The van der Waals surface area contributed by atoms with E-state index in [-0.39, 0.29) is 28.5 Å². The van der Waals surface area contributed by atoms with Crippen molar-refractivity contribution in [3.63, 3.8) is 0 Å². The van der Waals surface area contributed by atoms with Crippen molar-refractivity contribution in [2.24, 2.45) is 16.2 Å². The second-order valence-corrected chi connectivity index (χ2v) is 14.6. The summed E-state index contributed by atoms with van der Waals surface area (Å²) in [4.78, 5) is 13.0. The molecule has 0 bridgehead atoms. The first-order valence-electron chi connectivity index (χ1n) is 16.6. The van der Waals surface area contributed by atoms with E-state index in [1.54, 1.807) is 27.2 Å². The molecule has 0 saturated heterocycles. The van der Waals surface area contributed by atoms with Crippen LogP contribution in [0.15, 0.2) is 106 Å². The highest BCUT2D eigenvalue weighted by Gasteiger charge is 2.53. The van der Waals surface area contributed by atoms with E-state index in [0.29, 0.717) is 25.0 Å². The fourth-order valence-corrected chi connectivity index (χ4v) is 6.37. The molecule has 3 atom stereocenters. The van der Waals surface area contributed by atoms with Crippen molar-refractivity contribution in [2.45, 2.75) is 100 Å². The van der Waals surface area contributed by atoms with Gasteiger partial charge in [0.1, 0.15) is 5.76 Å². The van der Waals surface area contributed by atoms with Gasteiger partial charge in [-0.05, 0) is 70.4 Å². The van der Waals surface area contributed by atoms with Crippen molar-refractivity contribution in [3.05, 3.63) is 106 Å². The van der Waals surface area contributed by atoms with Crippen molar-refractivity contribution in [2.75, 3.05) is 20.8 Å². The number of aliphatic hydroxyl groups is 2. The van der Waals surface area contributed by atoms with Crippen LogP contribution in [0.4, 0.5) is 0 Å². The van der Waals surface area contributed by atoms with E-state index in [4.69, 9.17) is 9.47 Å². The van der Waals surface area contributed by atoms with E-state index in [2.05, 4.69) is 32.6 Å². The minimum absolute atomic E-state index is 0.0205. The van der Waals surface area contributed by atoms with E-state index in [1.165, 1.54) is 17.2 Å². The van der Waals surface area contributed by atoms with Crippen molar-refractivity contribution in [3.8, 4) is 11.8 Å². The van der Waals surface area contributed by atoms with Crippen LogP contribution in [0.5, 0.6) is 0 Å². The van der Waals surface area contributed by atoms with Crippen LogP contribution in [-0.4, -0.2) is 49.0 Å². The Bertz CT molecular complexity index is 1470. The van der Waals surface area contributed by atoms with Crippen molar-refractivity contribution in [1.29, 1.82) is 0 Å². The maximum Gasteiger partial charge on any atom is 0.165 e. The van der Waals surface area contributed by atoms with Gasteiger partial charge in [0.25, 0.3) is 0 Å². The van der Waals surface area contributed by atoms with Gasteiger partial charge in [-0.25, -0.2) is 0 Å². The lowest BCUT2D eigenvalue weighted by Crippen LogP contribution is -2.36. The highest BCUT2D eigenvalue weighted by Crippen LogP contribution is 2.53. The molecule has 0 amide bonds. The summed E-state index contributed by atoms with van der Waals surface area (Å²) in [6, 6.07) is 0. The molecule has 2 N–H and O–H groups in total. The molecular weight excluding hydrogens is 584 g/mol. The lowest BCUT2D eigenvalue weighted by Gasteiger charge is -2.36. The van der Waals surface area contributed by atoms with Crippen LogP contribution >= 0.6 is 0 Å². The third-order valence-corrected chi connectivity index (χ3v) is 9.65. The molecule has 5 heteroatoms. The van der Waals surface area contributed by atoms with E-state index >= 15 is 0 Å². The average molecular weight is 643 g/mol. The van der Waals surface area contributed by atoms with E-state index in [9.17, 15) is 15.0 Å². The number of aliphatic hydroxyl groups excluding tert-OH is 2. The van der Waals surface area contributed by atoms with Crippen LogP contribution in [-0.2, 0) is 14.3 Å². The van der Waals surface area contributed by atoms with E-state index in [1.807, 2.05) is 89.3 Å². The number of allylic oxidation sites excluding steroid dienone is 15. The lowest BCUT2D eigenvalue weighted by atomic mass is 9.66. The minimum atomic E-state index is -0.706. The SMILES string of the molecule is COC\C(C#CC1=C(C)CC(OC)CC1(C)C)=C/C=C/C(C)=C/C=C/C=C(C)/C=C/C=C(C)/C(O)=C/C(=O)C1(C)CC(O)CC1(C)C. The number of hydrogen-bond donors (Lipinski definition) is 2. The Hall–Kier alpha value is -3.43. The van der Waals surface area contributed by atoms with Crippen LogP contribution in [0.3, 0.4) is 0 Å². The van der Waals surface area contributed by atoms with Crippen LogP contribution in [0.1, 0.15) is 88.0 Å². The highest BCUT2D eigenvalue weighted by molar-refractivity contribution is 5.96. The normalized spacial score (nSPS) is 26.1. The van der Waals surface area contributed by atoms with Crippen molar-refractivity contribution >= 4 is 5.78 Å². The first kappa shape index (κ1) is 39.7. The first-order chi connectivity index (χ1) is 22.0. The van der Waals surface area contributed by atoms with Gasteiger partial charge in [0, 0.05) is 42.3 Å². The van der Waals surface area contributed by atoms with Gasteiger partial charge in [0.05, 0.1) is 18.8 Å². The topological polar surface area (TPSA) is 76.0 Å². The van der Waals surface area contributed by atoms with Crippen molar-refractivity contribution in [1.82, 2.24) is 0 Å². The molecule has 0 spiro atoms. The largest absolute Gasteiger partial charge is 0.508 e. The maximum absolute atomic E-state index is 13.0. The minimum Gasteiger partial charge on any atom is -0.508 e. The number of carbonyl (C=O) groups is 1. The molecule has 0 aromatic heterocycles. The Morgan fingerprint density at radius 1 is 0.894 bits per heavy atom. The van der Waals surface area contributed by atoms with Crippen LogP contribution in [0, 0.1) is 28.1 Å². The standard InChI is InChI=1S/C42H58O5/c1-30(18-14-20-32(3)38(44)25-39(45)42(9)27-35(43)26-41(42,7)8)16-12-13-17-31(2)19-15-21-34(29-46-10)22-23-37-33(4)24-36(47-11)28-40(37,5)6/h12-21,25,35-36,43-44H,24,26-29H2,1-11H3/b13-12+,18-14+,19-15+,30-16+,31-17+,32-20+,34-21-,38-25-. The molecule has 1 saturated carbocycles. The zero-order valence-corrected chi connectivity index (χ0v) is 30.7.